The van der Waals surface area contributed by atoms with Crippen LogP contribution in [-0.4, -0.2) is 23.1 Å². The second-order valence-electron chi connectivity index (χ2n) is 8.32. The Balaban J connectivity index is 1.54. The number of thioether (sulfide) groups is 1. The predicted octanol–water partition coefficient (Wildman–Crippen LogP) is 5.80. The first-order valence-electron chi connectivity index (χ1n) is 11.3. The summed E-state index contributed by atoms with van der Waals surface area (Å²) in [7, 11) is 1.58. The average Bonchev–Trinajstić information content (AvgIpc) is 3.36. The van der Waals surface area contributed by atoms with Gasteiger partial charge in [0.2, 0.25) is 5.13 Å². The summed E-state index contributed by atoms with van der Waals surface area (Å²) in [6, 6.07) is 17.4. The van der Waals surface area contributed by atoms with Crippen molar-refractivity contribution in [3.8, 4) is 11.8 Å². The molecule has 1 atom stereocenters. The largest absolute Gasteiger partial charge is 0.496 e. The van der Waals surface area contributed by atoms with Gasteiger partial charge in [-0.25, -0.2) is 0 Å². The Kier molecular flexibility index (Phi) is 7.01. The SMILES string of the molecule is COc1ccccc1[C@H]1C(C#N)=C(N)N(c2nnc(SCc3ccc(Cl)cc3)s2)C2=C1C(=O)CCC2. The molecular weight excluding hydrogens is 514 g/mol. The van der Waals surface area contributed by atoms with Gasteiger partial charge in [0.25, 0.3) is 0 Å². The molecule has 10 heteroatoms. The molecule has 2 N–H and O–H groups in total. The molecule has 5 rings (SSSR count). The monoisotopic (exact) mass is 535 g/mol. The fourth-order valence-corrected chi connectivity index (χ4v) is 6.56. The maximum absolute atomic E-state index is 13.3. The summed E-state index contributed by atoms with van der Waals surface area (Å²) in [5.41, 5.74) is 10.2. The molecule has 0 fully saturated rings. The number of Topliss-reactive ketones (excluding diaryl/α,β-unsaturated/α-hetero) is 1. The maximum atomic E-state index is 13.3. The minimum atomic E-state index is -0.586. The standard InChI is InChI=1S/C26H22ClN5O2S2/c1-34-21-8-3-2-5-17(21)22-18(13-28)24(29)32(19-6-4-7-20(33)23(19)22)25-30-31-26(36-25)35-14-15-9-11-16(27)12-10-15/h2-3,5,8-12,22H,4,6-7,14,29H2,1H3/t22-/m0/s1. The van der Waals surface area contributed by atoms with Gasteiger partial charge in [0, 0.05) is 34.0 Å². The van der Waals surface area contributed by atoms with Gasteiger partial charge in [-0.3, -0.25) is 9.69 Å². The number of carbonyl (C=O) groups excluding carboxylic acids is 1. The number of methoxy groups -OCH3 is 1. The number of halogens is 1. The van der Waals surface area contributed by atoms with Crippen molar-refractivity contribution in [3.63, 3.8) is 0 Å². The summed E-state index contributed by atoms with van der Waals surface area (Å²) in [6.07, 6.45) is 1.78. The number of carbonyl (C=O) groups is 1. The number of rotatable bonds is 6. The van der Waals surface area contributed by atoms with Gasteiger partial charge >= 0.3 is 0 Å². The lowest BCUT2D eigenvalue weighted by atomic mass is 9.75. The summed E-state index contributed by atoms with van der Waals surface area (Å²) in [6.45, 7) is 0. The van der Waals surface area contributed by atoms with Crippen molar-refractivity contribution < 1.29 is 9.53 Å². The molecule has 2 aromatic carbocycles. The first-order valence-corrected chi connectivity index (χ1v) is 13.5. The molecule has 1 aliphatic carbocycles. The molecule has 0 unspecified atom stereocenters. The third kappa shape index (κ3) is 4.48. The van der Waals surface area contributed by atoms with Gasteiger partial charge in [-0.2, -0.15) is 5.26 Å². The van der Waals surface area contributed by atoms with E-state index in [-0.39, 0.29) is 11.6 Å². The first kappa shape index (κ1) is 24.4. The number of aromatic nitrogens is 2. The molecule has 0 saturated heterocycles. The molecule has 0 radical (unpaired) electrons. The molecule has 0 saturated carbocycles. The lowest BCUT2D eigenvalue weighted by Gasteiger charge is -2.38. The average molecular weight is 536 g/mol. The van der Waals surface area contributed by atoms with Crippen molar-refractivity contribution in [2.45, 2.75) is 35.3 Å². The Morgan fingerprint density at radius 2 is 2.00 bits per heavy atom. The zero-order valence-corrected chi connectivity index (χ0v) is 21.8. The van der Waals surface area contributed by atoms with Gasteiger partial charge in [-0.15, -0.1) is 10.2 Å². The van der Waals surface area contributed by atoms with Crippen LogP contribution in [0.1, 0.15) is 36.3 Å². The number of anilines is 1. The Morgan fingerprint density at radius 1 is 1.22 bits per heavy atom. The Labute approximate surface area is 222 Å². The van der Waals surface area contributed by atoms with Gasteiger partial charge in [0.1, 0.15) is 11.6 Å². The Morgan fingerprint density at radius 3 is 2.75 bits per heavy atom. The molecular formula is C26H22ClN5O2S2. The highest BCUT2D eigenvalue weighted by Gasteiger charge is 2.42. The molecule has 36 heavy (non-hydrogen) atoms. The first-order chi connectivity index (χ1) is 17.5. The number of benzene rings is 2. The lowest BCUT2D eigenvalue weighted by molar-refractivity contribution is -0.116. The van der Waals surface area contributed by atoms with Gasteiger partial charge in [0.15, 0.2) is 10.1 Å². The van der Waals surface area contributed by atoms with E-state index in [9.17, 15) is 10.1 Å². The maximum Gasteiger partial charge on any atom is 0.219 e. The molecule has 2 aliphatic rings. The number of ether oxygens (including phenoxy) is 1. The number of para-hydroxylation sites is 1. The van der Waals surface area contributed by atoms with E-state index in [0.717, 1.165) is 21.2 Å². The zero-order chi connectivity index (χ0) is 25.2. The number of nitrogens with two attached hydrogens (primary N) is 1. The lowest BCUT2D eigenvalue weighted by Crippen LogP contribution is -2.38. The van der Waals surface area contributed by atoms with E-state index < -0.39 is 5.92 Å². The minimum absolute atomic E-state index is 0.0132. The van der Waals surface area contributed by atoms with Crippen LogP contribution in [0.4, 0.5) is 5.13 Å². The van der Waals surface area contributed by atoms with Crippen LogP contribution < -0.4 is 15.4 Å². The number of nitriles is 1. The van der Waals surface area contributed by atoms with Gasteiger partial charge in [-0.05, 0) is 36.6 Å². The second-order valence-corrected chi connectivity index (χ2v) is 10.9. The number of ketones is 1. The van der Waals surface area contributed by atoms with Gasteiger partial charge < -0.3 is 10.5 Å². The molecule has 182 valence electrons. The second kappa shape index (κ2) is 10.3. The Bertz CT molecular complexity index is 1420. The highest BCUT2D eigenvalue weighted by Crippen LogP contribution is 2.48. The summed E-state index contributed by atoms with van der Waals surface area (Å²) in [5, 5.41) is 20.2. The van der Waals surface area contributed by atoms with Crippen molar-refractivity contribution in [2.24, 2.45) is 5.73 Å². The van der Waals surface area contributed by atoms with Gasteiger partial charge in [0.05, 0.1) is 24.7 Å². The molecule has 0 spiro atoms. The number of hydrogen-bond donors (Lipinski definition) is 1. The summed E-state index contributed by atoms with van der Waals surface area (Å²) < 4.78 is 6.34. The highest BCUT2D eigenvalue weighted by atomic mass is 35.5. The van der Waals surface area contributed by atoms with E-state index in [1.54, 1.807) is 23.8 Å². The van der Waals surface area contributed by atoms with Crippen LogP contribution in [0.5, 0.6) is 5.75 Å². The van der Waals surface area contributed by atoms with E-state index in [2.05, 4.69) is 16.3 Å². The van der Waals surface area contributed by atoms with Crippen LogP contribution in [0.25, 0.3) is 0 Å². The number of nitrogens with zero attached hydrogens (tertiary/aromatic N) is 4. The summed E-state index contributed by atoms with van der Waals surface area (Å²) >= 11 is 8.93. The van der Waals surface area contributed by atoms with Crippen LogP contribution in [0.2, 0.25) is 5.02 Å². The highest BCUT2D eigenvalue weighted by molar-refractivity contribution is 8.00. The van der Waals surface area contributed by atoms with E-state index in [1.165, 1.54) is 11.3 Å². The normalized spacial score (nSPS) is 17.8. The van der Waals surface area contributed by atoms with Crippen LogP contribution >= 0.6 is 34.7 Å². The molecule has 1 aliphatic heterocycles. The van der Waals surface area contributed by atoms with Crippen molar-refractivity contribution in [1.82, 2.24) is 10.2 Å². The smallest absolute Gasteiger partial charge is 0.219 e. The number of allylic oxidation sites excluding steroid dienone is 3. The summed E-state index contributed by atoms with van der Waals surface area (Å²) in [5.74, 6) is 1.02. The van der Waals surface area contributed by atoms with Crippen molar-refractivity contribution in [1.29, 1.82) is 5.26 Å². The zero-order valence-electron chi connectivity index (χ0n) is 19.4. The van der Waals surface area contributed by atoms with Crippen LogP contribution in [0.3, 0.4) is 0 Å². The van der Waals surface area contributed by atoms with Crippen LogP contribution in [0.15, 0.2) is 75.5 Å². The molecule has 2 heterocycles. The van der Waals surface area contributed by atoms with Gasteiger partial charge in [-0.1, -0.05) is 65.0 Å². The fraction of sp³-hybridized carbons (Fsp3) is 0.231. The van der Waals surface area contributed by atoms with Crippen molar-refractivity contribution in [2.75, 3.05) is 12.0 Å². The van der Waals surface area contributed by atoms with E-state index in [4.69, 9.17) is 22.1 Å². The predicted molar refractivity (Wildman–Crippen MR) is 142 cm³/mol. The fourth-order valence-electron chi connectivity index (χ4n) is 4.60. The quantitative estimate of drug-likeness (QED) is 0.395. The van der Waals surface area contributed by atoms with E-state index in [1.807, 2.05) is 48.5 Å². The molecule has 7 nitrogen and oxygen atoms in total. The number of hydrogen-bond acceptors (Lipinski definition) is 9. The molecule has 3 aromatic rings. The van der Waals surface area contributed by atoms with Crippen LogP contribution in [-0.2, 0) is 10.5 Å². The van der Waals surface area contributed by atoms with Crippen molar-refractivity contribution in [3.05, 3.63) is 87.3 Å². The van der Waals surface area contributed by atoms with E-state index >= 15 is 0 Å². The third-order valence-corrected chi connectivity index (χ3v) is 8.59. The van der Waals surface area contributed by atoms with Crippen LogP contribution in [0, 0.1) is 11.3 Å². The van der Waals surface area contributed by atoms with Crippen molar-refractivity contribution >= 4 is 45.6 Å². The summed E-state index contributed by atoms with van der Waals surface area (Å²) in [4.78, 5) is 15.1. The minimum Gasteiger partial charge on any atom is -0.496 e. The topological polar surface area (TPSA) is 105 Å². The Hall–Kier alpha value is -3.32. The molecule has 0 bridgehead atoms. The molecule has 0 amide bonds. The van der Waals surface area contributed by atoms with E-state index in [0.29, 0.717) is 52.1 Å². The third-order valence-electron chi connectivity index (χ3n) is 6.23. The molecule has 1 aromatic heterocycles.